The maximum atomic E-state index is 11.2. The molecule has 1 aromatic carbocycles. The molecule has 1 nitrogen and oxygen atoms in total. The summed E-state index contributed by atoms with van der Waals surface area (Å²) in [5.74, 6) is 8.82. The molecule has 5 fully saturated rings. The van der Waals surface area contributed by atoms with Crippen molar-refractivity contribution in [3.8, 4) is 0 Å². The fourth-order valence-electron chi connectivity index (χ4n) is 9.17. The van der Waals surface area contributed by atoms with Gasteiger partial charge in [0.05, 0.1) is 14.3 Å². The van der Waals surface area contributed by atoms with Crippen molar-refractivity contribution in [2.24, 2.45) is 29.1 Å². The molecule has 0 bridgehead atoms. The van der Waals surface area contributed by atoms with Gasteiger partial charge in [0.25, 0.3) is 0 Å². The van der Waals surface area contributed by atoms with Gasteiger partial charge in [0.1, 0.15) is 0 Å². The lowest BCUT2D eigenvalue weighted by Crippen LogP contribution is -2.51. The summed E-state index contributed by atoms with van der Waals surface area (Å²) in [5, 5.41) is 11.2. The Bertz CT molecular complexity index is 992. The smallest absolute Gasteiger partial charge is 0.0832 e. The summed E-state index contributed by atoms with van der Waals surface area (Å²) in [6.07, 6.45) is 11.5. The van der Waals surface area contributed by atoms with Gasteiger partial charge in [-0.3, -0.25) is 0 Å². The van der Waals surface area contributed by atoms with E-state index in [1.54, 1.807) is 5.56 Å². The van der Waals surface area contributed by atoms with E-state index in [1.165, 1.54) is 67.1 Å². The van der Waals surface area contributed by atoms with Crippen LogP contribution in [0.25, 0.3) is 0 Å². The van der Waals surface area contributed by atoms with Crippen LogP contribution in [0.1, 0.15) is 75.8 Å². The van der Waals surface area contributed by atoms with Crippen LogP contribution in [0.15, 0.2) is 35.9 Å². The van der Waals surface area contributed by atoms with Gasteiger partial charge in [0.15, 0.2) is 0 Å². The Balaban J connectivity index is 1.26. The quantitative estimate of drug-likeness (QED) is 0.378. The first-order valence-corrected chi connectivity index (χ1v) is 17.9. The lowest BCUT2D eigenvalue weighted by Gasteiger charge is -2.57. The predicted molar refractivity (Wildman–Crippen MR) is 158 cm³/mol. The third-order valence-electron chi connectivity index (χ3n) is 10.9. The Morgan fingerprint density at radius 1 is 0.829 bits per heavy atom. The molecule has 3 saturated carbocycles. The monoisotopic (exact) mass is 544 g/mol. The van der Waals surface area contributed by atoms with Gasteiger partial charge >= 0.3 is 0 Å². The van der Waals surface area contributed by atoms with Crippen molar-refractivity contribution in [2.45, 2.75) is 79.0 Å². The van der Waals surface area contributed by atoms with Gasteiger partial charge in [0, 0.05) is 23.0 Å². The van der Waals surface area contributed by atoms with E-state index in [-0.39, 0.29) is 15.6 Å². The Morgan fingerprint density at radius 2 is 1.54 bits per heavy atom. The predicted octanol–water partition coefficient (Wildman–Crippen LogP) is 8.14. The van der Waals surface area contributed by atoms with Crippen LogP contribution in [0.4, 0.5) is 0 Å². The van der Waals surface area contributed by atoms with Gasteiger partial charge < -0.3 is 5.11 Å². The van der Waals surface area contributed by atoms with E-state index < -0.39 is 0 Å². The number of aliphatic hydroxyl groups excluding tert-OH is 1. The summed E-state index contributed by atoms with van der Waals surface area (Å²) >= 11 is 8.68. The molecule has 1 spiro atoms. The zero-order valence-electron chi connectivity index (χ0n) is 21.2. The first-order chi connectivity index (χ1) is 16.9. The third kappa shape index (κ3) is 3.86. The second-order valence-corrected chi connectivity index (χ2v) is 18.8. The van der Waals surface area contributed by atoms with Crippen LogP contribution in [-0.4, -0.2) is 38.3 Å². The largest absolute Gasteiger partial charge is 0.393 e. The minimum absolute atomic E-state index is 0.0991. The molecule has 0 radical (unpaired) electrons. The van der Waals surface area contributed by atoms with Crippen LogP contribution in [0, 0.1) is 29.1 Å². The van der Waals surface area contributed by atoms with Crippen molar-refractivity contribution in [3.63, 3.8) is 0 Å². The average Bonchev–Trinajstić information content (AvgIpc) is 3.59. The second kappa shape index (κ2) is 8.93. The molecule has 7 rings (SSSR count). The van der Waals surface area contributed by atoms with Gasteiger partial charge in [-0.05, 0) is 98.0 Å². The molecule has 1 N–H and O–H groups in total. The van der Waals surface area contributed by atoms with Crippen LogP contribution in [0.5, 0.6) is 0 Å². The average molecular weight is 545 g/mol. The summed E-state index contributed by atoms with van der Waals surface area (Å²) in [5.41, 5.74) is 4.96. The number of allylic oxidation sites excluding steroid dienone is 1. The Hall–Kier alpha value is 0.320. The van der Waals surface area contributed by atoms with Crippen LogP contribution in [0.3, 0.4) is 0 Å². The van der Waals surface area contributed by atoms with Crippen molar-refractivity contribution in [1.29, 1.82) is 0 Å². The molecule has 6 aliphatic rings. The van der Waals surface area contributed by atoms with Crippen molar-refractivity contribution in [1.82, 2.24) is 0 Å². The van der Waals surface area contributed by atoms with Crippen LogP contribution in [0.2, 0.25) is 0 Å². The first kappa shape index (κ1) is 24.4. The molecule has 1 aromatic rings. The molecule has 0 unspecified atom stereocenters. The first-order valence-electron chi connectivity index (χ1n) is 14.0. The molecule has 0 amide bonds. The second-order valence-electron chi connectivity index (χ2n) is 12.4. The van der Waals surface area contributed by atoms with Crippen LogP contribution >= 0.6 is 47.0 Å². The molecule has 190 valence electrons. The molecular weight excluding hydrogens is 505 g/mol. The molecule has 7 atom stereocenters. The highest BCUT2D eigenvalue weighted by molar-refractivity contribution is 8.21. The summed E-state index contributed by atoms with van der Waals surface area (Å²) < 4.78 is 0.621. The molecule has 5 heteroatoms. The maximum absolute atomic E-state index is 11.2. The minimum atomic E-state index is -0.113. The van der Waals surface area contributed by atoms with Gasteiger partial charge in [0.2, 0.25) is 0 Å². The minimum Gasteiger partial charge on any atom is -0.393 e. The number of thioether (sulfide) groups is 4. The molecule has 35 heavy (non-hydrogen) atoms. The van der Waals surface area contributed by atoms with Crippen molar-refractivity contribution < 1.29 is 5.11 Å². The highest BCUT2D eigenvalue weighted by Crippen LogP contribution is 2.67. The number of benzene rings is 1. The number of fused-ring (bicyclic) bond motifs is 5. The van der Waals surface area contributed by atoms with E-state index in [1.807, 2.05) is 5.57 Å². The van der Waals surface area contributed by atoms with Crippen LogP contribution in [-0.2, 0) is 4.08 Å². The van der Waals surface area contributed by atoms with E-state index in [0.717, 1.165) is 30.1 Å². The lowest BCUT2D eigenvalue weighted by atomic mass is 9.48. The highest BCUT2D eigenvalue weighted by atomic mass is 32.2. The Labute approximate surface area is 229 Å². The van der Waals surface area contributed by atoms with E-state index in [2.05, 4.69) is 91.2 Å². The molecule has 2 aliphatic heterocycles. The Kier molecular flexibility index (Phi) is 6.22. The van der Waals surface area contributed by atoms with E-state index in [0.29, 0.717) is 10.00 Å². The summed E-state index contributed by atoms with van der Waals surface area (Å²) in [7, 11) is 0. The molecule has 0 aromatic heterocycles. The topological polar surface area (TPSA) is 20.2 Å². The van der Waals surface area contributed by atoms with Gasteiger partial charge in [-0.1, -0.05) is 42.8 Å². The van der Waals surface area contributed by atoms with Crippen LogP contribution < -0.4 is 0 Å². The zero-order valence-corrected chi connectivity index (χ0v) is 24.5. The van der Waals surface area contributed by atoms with Gasteiger partial charge in [-0.15, -0.1) is 47.0 Å². The standard InChI is InChI=1S/C30H40OS4/c1-28-18-24(19-3-6-21(7-4-19)29(2)32-13-14-33-29)27-22-11-12-30(34-15-16-35-30)17-20(22)5-8-23(27)25(28)9-10-26(28)31/h3-4,6-7,17,22-27,31H,5,8-16,18H2,1-2H3/t22-,23-,24+,25-,26-,27+,28-/m0/s1. The normalized spacial score (nSPS) is 43.5. The molecular formula is C30H40OS4. The van der Waals surface area contributed by atoms with Gasteiger partial charge in [-0.2, -0.15) is 0 Å². The fraction of sp³-hybridized carbons (Fsp3) is 0.733. The number of rotatable bonds is 2. The summed E-state index contributed by atoms with van der Waals surface area (Å²) in [6, 6.07) is 9.91. The Morgan fingerprint density at radius 3 is 2.29 bits per heavy atom. The van der Waals surface area contributed by atoms with Crippen molar-refractivity contribution in [2.75, 3.05) is 23.0 Å². The van der Waals surface area contributed by atoms with Gasteiger partial charge in [-0.25, -0.2) is 0 Å². The van der Waals surface area contributed by atoms with Crippen molar-refractivity contribution in [3.05, 3.63) is 47.0 Å². The van der Waals surface area contributed by atoms with E-state index in [4.69, 9.17) is 0 Å². The summed E-state index contributed by atoms with van der Waals surface area (Å²) in [4.78, 5) is 0. The number of hydrogen-bond donors (Lipinski definition) is 1. The SMILES string of the molecule is CC1(c2ccc([C@H]3C[C@]4(C)[C@@H](O)CC[C@H]4[C@@H]4CCC5=CC6(CC[C@@H]5[C@H]43)SCCS6)cc2)SCCS1. The molecule has 2 saturated heterocycles. The number of aliphatic hydroxyl groups is 1. The zero-order chi connectivity index (χ0) is 23.8. The molecule has 4 aliphatic carbocycles. The summed E-state index contributed by atoms with van der Waals surface area (Å²) in [6.45, 7) is 4.86. The van der Waals surface area contributed by atoms with Crippen molar-refractivity contribution >= 4 is 47.0 Å². The highest BCUT2D eigenvalue weighted by Gasteiger charge is 2.59. The molecule has 2 heterocycles. The third-order valence-corrected chi connectivity index (χ3v) is 17.6. The van der Waals surface area contributed by atoms with E-state index >= 15 is 0 Å². The van der Waals surface area contributed by atoms with E-state index in [9.17, 15) is 5.11 Å². The number of hydrogen-bond acceptors (Lipinski definition) is 5. The fourth-order valence-corrected chi connectivity index (χ4v) is 15.2. The lowest BCUT2D eigenvalue weighted by molar-refractivity contribution is -0.0659. The maximum Gasteiger partial charge on any atom is 0.0832 e.